The van der Waals surface area contributed by atoms with Gasteiger partial charge in [-0.3, -0.25) is 9.78 Å². The van der Waals surface area contributed by atoms with Crippen LogP contribution in [0.15, 0.2) is 36.7 Å². The second-order valence-electron chi connectivity index (χ2n) is 6.70. The van der Waals surface area contributed by atoms with Crippen molar-refractivity contribution < 1.29 is 14.3 Å². The van der Waals surface area contributed by atoms with E-state index >= 15 is 0 Å². The fraction of sp³-hybridized carbons (Fsp3) is 0.429. The SMILES string of the molecule is CCC1CCCCN1c1cncc(C(=O)Nc2cc(OC)ccc2OC)c1. The highest BCUT2D eigenvalue weighted by molar-refractivity contribution is 6.05. The molecule has 3 rings (SSSR count). The summed E-state index contributed by atoms with van der Waals surface area (Å²) in [5, 5.41) is 2.91. The molecule has 0 aliphatic carbocycles. The Kier molecular flexibility index (Phi) is 6.16. The van der Waals surface area contributed by atoms with Crippen LogP contribution in [0.1, 0.15) is 43.0 Å². The fourth-order valence-electron chi connectivity index (χ4n) is 3.58. The van der Waals surface area contributed by atoms with Gasteiger partial charge in [-0.1, -0.05) is 6.92 Å². The van der Waals surface area contributed by atoms with Crippen molar-refractivity contribution in [2.24, 2.45) is 0 Å². The number of carbonyl (C=O) groups excluding carboxylic acids is 1. The van der Waals surface area contributed by atoms with Crippen LogP contribution in [0.3, 0.4) is 0 Å². The van der Waals surface area contributed by atoms with Crippen LogP contribution in [0.2, 0.25) is 0 Å². The van der Waals surface area contributed by atoms with Crippen LogP contribution in [0.5, 0.6) is 11.5 Å². The van der Waals surface area contributed by atoms with Gasteiger partial charge in [-0.25, -0.2) is 0 Å². The molecule has 1 aromatic heterocycles. The number of hydrogen-bond acceptors (Lipinski definition) is 5. The van der Waals surface area contributed by atoms with E-state index in [-0.39, 0.29) is 5.91 Å². The Bertz CT molecular complexity index is 794. The standard InChI is InChI=1S/C21H27N3O3/c1-4-16-7-5-6-10-24(16)17-11-15(13-22-14-17)21(25)23-19-12-18(26-2)8-9-20(19)27-3/h8-9,11-14,16H,4-7,10H2,1-3H3,(H,23,25). The lowest BCUT2D eigenvalue weighted by Gasteiger charge is -2.37. The van der Waals surface area contributed by atoms with Crippen molar-refractivity contribution in [2.75, 3.05) is 31.0 Å². The first-order valence-corrected chi connectivity index (χ1v) is 9.41. The van der Waals surface area contributed by atoms with Gasteiger partial charge in [0.2, 0.25) is 0 Å². The third kappa shape index (κ3) is 4.32. The zero-order valence-corrected chi connectivity index (χ0v) is 16.2. The molecule has 1 saturated heterocycles. The third-order valence-electron chi connectivity index (χ3n) is 5.07. The molecule has 1 unspecified atom stereocenters. The number of aromatic nitrogens is 1. The number of amides is 1. The molecule has 0 radical (unpaired) electrons. The van der Waals surface area contributed by atoms with Crippen LogP contribution in [-0.4, -0.2) is 37.7 Å². The molecule has 1 aliphatic rings. The first-order chi connectivity index (χ1) is 13.2. The molecule has 27 heavy (non-hydrogen) atoms. The van der Waals surface area contributed by atoms with Gasteiger partial charge < -0.3 is 19.7 Å². The van der Waals surface area contributed by atoms with Crippen molar-refractivity contribution in [1.29, 1.82) is 0 Å². The number of nitrogens with zero attached hydrogens (tertiary/aromatic N) is 2. The number of rotatable bonds is 6. The Hall–Kier alpha value is -2.76. The van der Waals surface area contributed by atoms with Gasteiger partial charge in [-0.15, -0.1) is 0 Å². The van der Waals surface area contributed by atoms with E-state index in [0.29, 0.717) is 28.8 Å². The molecule has 6 heteroatoms. The van der Waals surface area contributed by atoms with Crippen LogP contribution in [-0.2, 0) is 0 Å². The highest BCUT2D eigenvalue weighted by Gasteiger charge is 2.22. The lowest BCUT2D eigenvalue weighted by atomic mass is 9.99. The van der Waals surface area contributed by atoms with Crippen molar-refractivity contribution in [2.45, 2.75) is 38.6 Å². The molecular formula is C21H27N3O3. The van der Waals surface area contributed by atoms with E-state index in [1.165, 1.54) is 19.3 Å². The van der Waals surface area contributed by atoms with Gasteiger partial charge in [0.15, 0.2) is 0 Å². The number of anilines is 2. The molecule has 0 bridgehead atoms. The van der Waals surface area contributed by atoms with E-state index in [1.54, 1.807) is 38.6 Å². The molecule has 2 heterocycles. The summed E-state index contributed by atoms with van der Waals surface area (Å²) in [6.07, 6.45) is 8.16. The van der Waals surface area contributed by atoms with E-state index < -0.39 is 0 Å². The number of nitrogens with one attached hydrogen (secondary N) is 1. The van der Waals surface area contributed by atoms with Gasteiger partial charge in [0.1, 0.15) is 11.5 Å². The maximum Gasteiger partial charge on any atom is 0.257 e. The normalized spacial score (nSPS) is 16.7. The minimum Gasteiger partial charge on any atom is -0.497 e. The van der Waals surface area contributed by atoms with Gasteiger partial charge in [-0.05, 0) is 43.9 Å². The van der Waals surface area contributed by atoms with Crippen LogP contribution in [0.25, 0.3) is 0 Å². The second kappa shape index (κ2) is 8.75. The van der Waals surface area contributed by atoms with Crippen LogP contribution in [0.4, 0.5) is 11.4 Å². The molecule has 1 amide bonds. The highest BCUT2D eigenvalue weighted by Crippen LogP contribution is 2.30. The van der Waals surface area contributed by atoms with E-state index in [9.17, 15) is 4.79 Å². The zero-order valence-electron chi connectivity index (χ0n) is 16.2. The average Bonchev–Trinajstić information content (AvgIpc) is 2.73. The van der Waals surface area contributed by atoms with Crippen molar-refractivity contribution in [3.8, 4) is 11.5 Å². The molecule has 0 spiro atoms. The van der Waals surface area contributed by atoms with E-state index in [4.69, 9.17) is 9.47 Å². The topological polar surface area (TPSA) is 63.7 Å². The summed E-state index contributed by atoms with van der Waals surface area (Å²) in [5.74, 6) is 1.01. The van der Waals surface area contributed by atoms with Gasteiger partial charge in [0.25, 0.3) is 5.91 Å². The summed E-state index contributed by atoms with van der Waals surface area (Å²) < 4.78 is 10.6. The molecule has 1 aromatic carbocycles. The Morgan fingerprint density at radius 1 is 1.22 bits per heavy atom. The monoisotopic (exact) mass is 369 g/mol. The van der Waals surface area contributed by atoms with Crippen LogP contribution >= 0.6 is 0 Å². The van der Waals surface area contributed by atoms with Gasteiger partial charge in [0, 0.05) is 24.8 Å². The van der Waals surface area contributed by atoms with Crippen molar-refractivity contribution >= 4 is 17.3 Å². The molecule has 0 saturated carbocycles. The van der Waals surface area contributed by atoms with Crippen LogP contribution < -0.4 is 19.7 Å². The Morgan fingerprint density at radius 2 is 2.07 bits per heavy atom. The predicted octanol–water partition coefficient (Wildman–Crippen LogP) is 4.12. The summed E-state index contributed by atoms with van der Waals surface area (Å²) in [6.45, 7) is 3.22. The average molecular weight is 369 g/mol. The van der Waals surface area contributed by atoms with E-state index in [0.717, 1.165) is 18.7 Å². The largest absolute Gasteiger partial charge is 0.497 e. The Balaban J connectivity index is 1.82. The highest BCUT2D eigenvalue weighted by atomic mass is 16.5. The first kappa shape index (κ1) is 19.0. The minimum atomic E-state index is -0.221. The number of ether oxygens (including phenoxy) is 2. The number of benzene rings is 1. The molecule has 1 aliphatic heterocycles. The van der Waals surface area contributed by atoms with Crippen LogP contribution in [0, 0.1) is 0 Å². The fourth-order valence-corrected chi connectivity index (χ4v) is 3.58. The minimum absolute atomic E-state index is 0.221. The van der Waals surface area contributed by atoms with E-state index in [2.05, 4.69) is 22.1 Å². The van der Waals surface area contributed by atoms with Gasteiger partial charge >= 0.3 is 0 Å². The summed E-state index contributed by atoms with van der Waals surface area (Å²) in [7, 11) is 3.16. The lowest BCUT2D eigenvalue weighted by molar-refractivity contribution is 0.102. The maximum absolute atomic E-state index is 12.8. The third-order valence-corrected chi connectivity index (χ3v) is 5.07. The summed E-state index contributed by atoms with van der Waals surface area (Å²) in [5.41, 5.74) is 2.10. The Morgan fingerprint density at radius 3 is 2.81 bits per heavy atom. The number of piperidine rings is 1. The number of methoxy groups -OCH3 is 2. The van der Waals surface area contributed by atoms with Crippen molar-refractivity contribution in [3.05, 3.63) is 42.2 Å². The molecule has 1 atom stereocenters. The number of pyridine rings is 1. The predicted molar refractivity (Wildman–Crippen MR) is 107 cm³/mol. The van der Waals surface area contributed by atoms with Crippen molar-refractivity contribution in [1.82, 2.24) is 4.98 Å². The number of carbonyl (C=O) groups is 1. The zero-order chi connectivity index (χ0) is 19.2. The van der Waals surface area contributed by atoms with Crippen molar-refractivity contribution in [3.63, 3.8) is 0 Å². The molecule has 2 aromatic rings. The van der Waals surface area contributed by atoms with Gasteiger partial charge in [0.05, 0.1) is 37.4 Å². The van der Waals surface area contributed by atoms with Gasteiger partial charge in [-0.2, -0.15) is 0 Å². The quantitative estimate of drug-likeness (QED) is 0.830. The maximum atomic E-state index is 12.8. The molecule has 1 fully saturated rings. The Labute approximate surface area is 160 Å². The summed E-state index contributed by atoms with van der Waals surface area (Å²) in [4.78, 5) is 19.5. The summed E-state index contributed by atoms with van der Waals surface area (Å²) >= 11 is 0. The smallest absolute Gasteiger partial charge is 0.257 e. The molecule has 6 nitrogen and oxygen atoms in total. The molecule has 144 valence electrons. The van der Waals surface area contributed by atoms with E-state index in [1.807, 2.05) is 12.3 Å². The summed E-state index contributed by atoms with van der Waals surface area (Å²) in [6, 6.07) is 7.73. The first-order valence-electron chi connectivity index (χ1n) is 9.41. The number of hydrogen-bond donors (Lipinski definition) is 1. The lowest BCUT2D eigenvalue weighted by Crippen LogP contribution is -2.39. The second-order valence-corrected chi connectivity index (χ2v) is 6.70. The molecular weight excluding hydrogens is 342 g/mol. The molecule has 1 N–H and O–H groups in total.